The van der Waals surface area contributed by atoms with Crippen molar-refractivity contribution in [2.75, 3.05) is 36.9 Å². The monoisotopic (exact) mass is 467 g/mol. The Morgan fingerprint density at radius 3 is 2.68 bits per heavy atom. The van der Waals surface area contributed by atoms with Gasteiger partial charge in [0, 0.05) is 37.1 Å². The molecule has 1 aliphatic heterocycles. The fraction of sp³-hybridized carbons (Fsp3) is 0.480. The molecule has 1 aromatic heterocycles. The van der Waals surface area contributed by atoms with E-state index in [0.717, 1.165) is 42.5 Å². The van der Waals surface area contributed by atoms with Crippen LogP contribution in [0.15, 0.2) is 36.5 Å². The number of urea groups is 1. The fourth-order valence-corrected chi connectivity index (χ4v) is 4.24. The van der Waals surface area contributed by atoms with Crippen molar-refractivity contribution in [2.45, 2.75) is 51.3 Å². The van der Waals surface area contributed by atoms with Gasteiger partial charge in [-0.05, 0) is 49.1 Å². The first kappa shape index (κ1) is 24.0. The first-order valence-electron chi connectivity index (χ1n) is 11.9. The normalized spacial score (nSPS) is 20.5. The quantitative estimate of drug-likeness (QED) is 0.519. The van der Waals surface area contributed by atoms with Crippen molar-refractivity contribution in [3.8, 4) is 0 Å². The highest BCUT2D eigenvalue weighted by atomic mass is 16.5. The van der Waals surface area contributed by atoms with Crippen molar-refractivity contribution in [2.24, 2.45) is 0 Å². The molecule has 9 nitrogen and oxygen atoms in total. The van der Waals surface area contributed by atoms with E-state index in [2.05, 4.69) is 20.9 Å². The number of nitrogens with one attached hydrogen (secondary N) is 3. The lowest BCUT2D eigenvalue weighted by atomic mass is 9.92. The molecule has 1 saturated carbocycles. The molecule has 0 unspecified atom stereocenters. The Morgan fingerprint density at radius 1 is 1.15 bits per heavy atom. The van der Waals surface area contributed by atoms with Gasteiger partial charge in [0.2, 0.25) is 0 Å². The van der Waals surface area contributed by atoms with Crippen LogP contribution in [0.1, 0.15) is 47.2 Å². The number of anilines is 2. The van der Waals surface area contributed by atoms with Crippen LogP contribution in [-0.4, -0.2) is 65.4 Å². The zero-order chi connectivity index (χ0) is 23.9. The molecule has 0 radical (unpaired) electrons. The summed E-state index contributed by atoms with van der Waals surface area (Å²) in [6, 6.07) is 8.88. The maximum absolute atomic E-state index is 12.7. The Bertz CT molecular complexity index is 991. The fourth-order valence-electron chi connectivity index (χ4n) is 4.24. The number of hydrogen-bond acceptors (Lipinski definition) is 6. The van der Waals surface area contributed by atoms with Gasteiger partial charge in [-0.1, -0.05) is 25.0 Å². The number of aryl methyl sites for hydroxylation is 1. The number of aliphatic hydroxyl groups excluding tert-OH is 1. The summed E-state index contributed by atoms with van der Waals surface area (Å²) < 4.78 is 5.27. The van der Waals surface area contributed by atoms with E-state index in [0.29, 0.717) is 44.2 Å². The first-order chi connectivity index (χ1) is 16.5. The van der Waals surface area contributed by atoms with E-state index < -0.39 is 6.10 Å². The van der Waals surface area contributed by atoms with Crippen molar-refractivity contribution in [3.05, 3.63) is 53.2 Å². The van der Waals surface area contributed by atoms with Crippen LogP contribution in [0.3, 0.4) is 0 Å². The van der Waals surface area contributed by atoms with E-state index in [-0.39, 0.29) is 18.0 Å². The number of amides is 3. The molecule has 34 heavy (non-hydrogen) atoms. The zero-order valence-corrected chi connectivity index (χ0v) is 19.5. The molecule has 1 saturated heterocycles. The molecule has 0 bridgehead atoms. The minimum atomic E-state index is -0.477. The molecule has 2 aliphatic rings. The number of carbonyl (C=O) groups excluding carboxylic acids is 2. The van der Waals surface area contributed by atoms with Gasteiger partial charge in [0.25, 0.3) is 5.91 Å². The smallest absolute Gasteiger partial charge is 0.323 e. The number of rotatable bonds is 6. The Morgan fingerprint density at radius 2 is 1.94 bits per heavy atom. The van der Waals surface area contributed by atoms with Crippen LogP contribution in [0.2, 0.25) is 0 Å². The summed E-state index contributed by atoms with van der Waals surface area (Å²) >= 11 is 0. The van der Waals surface area contributed by atoms with E-state index in [4.69, 9.17) is 4.74 Å². The Hall–Kier alpha value is -3.17. The van der Waals surface area contributed by atoms with Gasteiger partial charge in [0.15, 0.2) is 0 Å². The lowest BCUT2D eigenvalue weighted by Gasteiger charge is -2.28. The maximum Gasteiger partial charge on any atom is 0.323 e. The van der Waals surface area contributed by atoms with Gasteiger partial charge < -0.3 is 25.4 Å². The van der Waals surface area contributed by atoms with Crippen molar-refractivity contribution in [1.82, 2.24) is 15.2 Å². The Labute approximate surface area is 199 Å². The number of morpholine rings is 1. The SMILES string of the molecule is Cc1ccc(C(=O)N[C@H]2CCCC[C@@H]2O)cc1NCc1ccc(NC(=O)N2CCOCC2)nc1. The van der Waals surface area contributed by atoms with Crippen LogP contribution in [-0.2, 0) is 11.3 Å². The van der Waals surface area contributed by atoms with Gasteiger partial charge in [-0.2, -0.15) is 0 Å². The molecule has 2 atom stereocenters. The van der Waals surface area contributed by atoms with Crippen molar-refractivity contribution >= 4 is 23.4 Å². The number of hydrogen-bond donors (Lipinski definition) is 4. The molecule has 9 heteroatoms. The number of carbonyl (C=O) groups is 2. The summed E-state index contributed by atoms with van der Waals surface area (Å²) in [7, 11) is 0. The van der Waals surface area contributed by atoms with Gasteiger partial charge in [-0.25, -0.2) is 9.78 Å². The van der Waals surface area contributed by atoms with Crippen LogP contribution >= 0.6 is 0 Å². The highest BCUT2D eigenvalue weighted by Gasteiger charge is 2.25. The third-order valence-electron chi connectivity index (χ3n) is 6.39. The van der Waals surface area contributed by atoms with Gasteiger partial charge >= 0.3 is 6.03 Å². The second-order valence-corrected chi connectivity index (χ2v) is 8.90. The number of nitrogens with zero attached hydrogens (tertiary/aromatic N) is 2. The predicted molar refractivity (Wildman–Crippen MR) is 130 cm³/mol. The minimum absolute atomic E-state index is 0.170. The van der Waals surface area contributed by atoms with Gasteiger partial charge in [0.05, 0.1) is 25.4 Å². The third-order valence-corrected chi connectivity index (χ3v) is 6.39. The van der Waals surface area contributed by atoms with E-state index in [9.17, 15) is 14.7 Å². The molecule has 0 spiro atoms. The molecule has 2 heterocycles. The molecular weight excluding hydrogens is 434 g/mol. The van der Waals surface area contributed by atoms with Crippen LogP contribution in [0.25, 0.3) is 0 Å². The molecule has 1 aliphatic carbocycles. The van der Waals surface area contributed by atoms with E-state index in [1.807, 2.05) is 25.1 Å². The van der Waals surface area contributed by atoms with Crippen LogP contribution < -0.4 is 16.0 Å². The Balaban J connectivity index is 1.32. The summed E-state index contributed by atoms with van der Waals surface area (Å²) in [5, 5.41) is 19.3. The van der Waals surface area contributed by atoms with E-state index in [1.165, 1.54) is 0 Å². The summed E-state index contributed by atoms with van der Waals surface area (Å²) in [6.07, 6.45) is 4.80. The van der Waals surface area contributed by atoms with Gasteiger partial charge in [0.1, 0.15) is 5.82 Å². The summed E-state index contributed by atoms with van der Waals surface area (Å²) in [5.41, 5.74) is 3.40. The second kappa shape index (κ2) is 11.3. The Kier molecular flexibility index (Phi) is 7.97. The molecule has 4 rings (SSSR count). The van der Waals surface area contributed by atoms with Crippen molar-refractivity contribution in [3.63, 3.8) is 0 Å². The lowest BCUT2D eigenvalue weighted by molar-refractivity contribution is 0.0564. The highest BCUT2D eigenvalue weighted by Crippen LogP contribution is 2.21. The van der Waals surface area contributed by atoms with Crippen LogP contribution in [0, 0.1) is 6.92 Å². The minimum Gasteiger partial charge on any atom is -0.391 e. The van der Waals surface area contributed by atoms with E-state index >= 15 is 0 Å². The predicted octanol–water partition coefficient (Wildman–Crippen LogP) is 2.90. The molecule has 2 fully saturated rings. The van der Waals surface area contributed by atoms with Crippen LogP contribution in [0.5, 0.6) is 0 Å². The van der Waals surface area contributed by atoms with Crippen LogP contribution in [0.4, 0.5) is 16.3 Å². The van der Waals surface area contributed by atoms with Gasteiger partial charge in [-0.15, -0.1) is 0 Å². The van der Waals surface area contributed by atoms with E-state index in [1.54, 1.807) is 23.2 Å². The number of aromatic nitrogens is 1. The second-order valence-electron chi connectivity index (χ2n) is 8.90. The summed E-state index contributed by atoms with van der Waals surface area (Å²) in [6.45, 7) is 4.76. The molecule has 2 aromatic rings. The van der Waals surface area contributed by atoms with Gasteiger partial charge in [-0.3, -0.25) is 10.1 Å². The molecule has 1 aromatic carbocycles. The summed E-state index contributed by atoms with van der Waals surface area (Å²) in [4.78, 5) is 31.1. The molecule has 4 N–H and O–H groups in total. The van der Waals surface area contributed by atoms with Crippen molar-refractivity contribution < 1.29 is 19.4 Å². The molecular formula is C25H33N5O4. The number of benzene rings is 1. The zero-order valence-electron chi connectivity index (χ0n) is 19.5. The first-order valence-corrected chi connectivity index (χ1v) is 11.9. The summed E-state index contributed by atoms with van der Waals surface area (Å²) in [5.74, 6) is 0.330. The average Bonchev–Trinajstić information content (AvgIpc) is 2.86. The number of pyridine rings is 1. The number of ether oxygens (including phenoxy) is 1. The number of aliphatic hydroxyl groups is 1. The van der Waals surface area contributed by atoms with Crippen molar-refractivity contribution in [1.29, 1.82) is 0 Å². The topological polar surface area (TPSA) is 116 Å². The standard InChI is InChI=1S/C25H33N5O4/c1-17-6-8-19(24(32)28-20-4-2-3-5-22(20)31)14-21(17)26-15-18-7-9-23(27-16-18)29-25(33)30-10-12-34-13-11-30/h6-9,14,16,20,22,26,31H,2-5,10-13,15H2,1H3,(H,28,32)(H,27,29,33)/t20-,22-/m0/s1. The highest BCUT2D eigenvalue weighted by molar-refractivity contribution is 5.95. The molecule has 182 valence electrons. The maximum atomic E-state index is 12.7. The average molecular weight is 468 g/mol. The third kappa shape index (κ3) is 6.24. The largest absolute Gasteiger partial charge is 0.391 e. The molecule has 3 amide bonds. The lowest BCUT2D eigenvalue weighted by Crippen LogP contribution is -2.45.